The summed E-state index contributed by atoms with van der Waals surface area (Å²) in [5.41, 5.74) is 3.48. The second-order valence-corrected chi connectivity index (χ2v) is 13.1. The molecule has 6 rings (SSSR count). The third kappa shape index (κ3) is 6.33. The highest BCUT2D eigenvalue weighted by Gasteiger charge is 2.42. The number of nitrogens with zero attached hydrogens (tertiary/aromatic N) is 4. The Balaban J connectivity index is 1.15. The lowest BCUT2D eigenvalue weighted by Crippen LogP contribution is -2.42. The first-order valence-electron chi connectivity index (χ1n) is 15.7. The standard InChI is InChI=1S/C35H41Cl2N5O4/c1-40-29-8-6-5-7-28(29)39-34(40)38-25-11-15-41(16-12-25)17-13-35(24-9-10-26(36)27(37)21-24)14-18-42(22-35)33(43)23-19-30(44-2)32(46-4)31(20-23)45-3/h5-10,19-21,25H,11-18,22H2,1-4H3,(H,38,39)/t35-/m0/s1. The number of hydrogen-bond donors (Lipinski definition) is 1. The Bertz CT molecular complexity index is 1700. The van der Waals surface area contributed by atoms with Gasteiger partial charge in [0.2, 0.25) is 11.7 Å². The van der Waals surface area contributed by atoms with Crippen molar-refractivity contribution < 1.29 is 19.0 Å². The predicted octanol–water partition coefficient (Wildman–Crippen LogP) is 6.66. The molecule has 2 aliphatic rings. The number of anilines is 1. The average Bonchev–Trinajstić information content (AvgIpc) is 3.66. The smallest absolute Gasteiger partial charge is 0.254 e. The third-order valence-electron chi connectivity index (χ3n) is 9.70. The van der Waals surface area contributed by atoms with E-state index in [9.17, 15) is 4.79 Å². The number of rotatable bonds is 10. The van der Waals surface area contributed by atoms with Crippen LogP contribution in [0.3, 0.4) is 0 Å². The summed E-state index contributed by atoms with van der Waals surface area (Å²) in [6.45, 7) is 4.11. The van der Waals surface area contributed by atoms with E-state index in [0.717, 1.165) is 67.9 Å². The number of benzene rings is 3. The molecule has 1 N–H and O–H groups in total. The summed E-state index contributed by atoms with van der Waals surface area (Å²) in [5, 5.41) is 4.74. The van der Waals surface area contributed by atoms with Crippen molar-refractivity contribution in [1.29, 1.82) is 0 Å². The molecule has 0 unspecified atom stereocenters. The van der Waals surface area contributed by atoms with Gasteiger partial charge in [-0.15, -0.1) is 0 Å². The maximum absolute atomic E-state index is 13.9. The summed E-state index contributed by atoms with van der Waals surface area (Å²) in [7, 11) is 6.72. The average molecular weight is 667 g/mol. The van der Waals surface area contributed by atoms with Crippen LogP contribution < -0.4 is 19.5 Å². The Kier molecular flexibility index (Phi) is 9.54. The SMILES string of the molecule is COc1cc(C(=O)N2CC[C@](CCN3CCC(Nc4nc5ccccc5n4C)CC3)(c3ccc(Cl)c(Cl)c3)C2)cc(OC)c1OC. The lowest BCUT2D eigenvalue weighted by Gasteiger charge is -2.36. The highest BCUT2D eigenvalue weighted by atomic mass is 35.5. The van der Waals surface area contributed by atoms with E-state index in [4.69, 9.17) is 42.4 Å². The molecule has 2 aliphatic heterocycles. The van der Waals surface area contributed by atoms with Gasteiger partial charge in [-0.05, 0) is 74.2 Å². The monoisotopic (exact) mass is 665 g/mol. The van der Waals surface area contributed by atoms with Crippen molar-refractivity contribution in [3.05, 3.63) is 75.8 Å². The van der Waals surface area contributed by atoms with E-state index in [2.05, 4.69) is 40.0 Å². The summed E-state index contributed by atoms with van der Waals surface area (Å²) < 4.78 is 18.6. The third-order valence-corrected chi connectivity index (χ3v) is 10.4. The van der Waals surface area contributed by atoms with Crippen LogP contribution in [0.1, 0.15) is 41.6 Å². The fraction of sp³-hybridized carbons (Fsp3) is 0.429. The molecule has 9 nitrogen and oxygen atoms in total. The number of ether oxygens (including phenoxy) is 3. The molecule has 3 heterocycles. The van der Waals surface area contributed by atoms with Gasteiger partial charge in [0.1, 0.15) is 0 Å². The Morgan fingerprint density at radius 2 is 1.67 bits per heavy atom. The van der Waals surface area contributed by atoms with E-state index < -0.39 is 0 Å². The maximum Gasteiger partial charge on any atom is 0.254 e. The molecule has 3 aromatic carbocycles. The zero-order valence-electron chi connectivity index (χ0n) is 26.8. The molecule has 2 fully saturated rings. The Labute approximate surface area is 280 Å². The van der Waals surface area contributed by atoms with Gasteiger partial charge in [-0.25, -0.2) is 4.98 Å². The number of carbonyl (C=O) groups is 1. The molecular formula is C35H41Cl2N5O4. The van der Waals surface area contributed by atoms with Crippen molar-refractivity contribution in [2.45, 2.75) is 37.1 Å². The molecule has 1 amide bonds. The molecule has 1 aromatic heterocycles. The van der Waals surface area contributed by atoms with Crippen molar-refractivity contribution in [1.82, 2.24) is 19.4 Å². The first-order chi connectivity index (χ1) is 22.2. The number of aryl methyl sites for hydroxylation is 1. The number of fused-ring (bicyclic) bond motifs is 1. The van der Waals surface area contributed by atoms with Gasteiger partial charge in [0.25, 0.3) is 5.91 Å². The van der Waals surface area contributed by atoms with Crippen LogP contribution in [0.25, 0.3) is 11.0 Å². The predicted molar refractivity (Wildman–Crippen MR) is 183 cm³/mol. The van der Waals surface area contributed by atoms with E-state index in [1.165, 1.54) is 0 Å². The highest BCUT2D eigenvalue weighted by Crippen LogP contribution is 2.42. The maximum atomic E-state index is 13.9. The summed E-state index contributed by atoms with van der Waals surface area (Å²) >= 11 is 12.9. The zero-order valence-corrected chi connectivity index (χ0v) is 28.3. The molecular weight excluding hydrogens is 625 g/mol. The number of aromatic nitrogens is 2. The molecule has 1 atom stereocenters. The molecule has 0 bridgehead atoms. The lowest BCUT2D eigenvalue weighted by molar-refractivity contribution is 0.0779. The van der Waals surface area contributed by atoms with E-state index in [1.807, 2.05) is 29.2 Å². The number of carbonyl (C=O) groups excluding carboxylic acids is 1. The van der Waals surface area contributed by atoms with Crippen LogP contribution in [0.4, 0.5) is 5.95 Å². The molecule has 2 saturated heterocycles. The first-order valence-corrected chi connectivity index (χ1v) is 16.5. The van der Waals surface area contributed by atoms with Crippen molar-refractivity contribution in [3.8, 4) is 17.2 Å². The Hall–Kier alpha value is -3.66. The van der Waals surface area contributed by atoms with Crippen LogP contribution in [0.2, 0.25) is 10.0 Å². The van der Waals surface area contributed by atoms with Crippen molar-refractivity contribution in [2.75, 3.05) is 59.4 Å². The number of para-hydroxylation sites is 2. The summed E-state index contributed by atoms with van der Waals surface area (Å²) in [6.07, 6.45) is 3.79. The summed E-state index contributed by atoms with van der Waals surface area (Å²) in [6, 6.07) is 17.9. The number of nitrogens with one attached hydrogen (secondary N) is 1. The minimum absolute atomic E-state index is 0.0741. The molecule has 0 saturated carbocycles. The molecule has 0 aliphatic carbocycles. The van der Waals surface area contributed by atoms with E-state index in [1.54, 1.807) is 33.5 Å². The minimum Gasteiger partial charge on any atom is -0.493 e. The molecule has 4 aromatic rings. The van der Waals surface area contributed by atoms with Gasteiger partial charge in [0.15, 0.2) is 11.5 Å². The second kappa shape index (κ2) is 13.6. The van der Waals surface area contributed by atoms with Crippen LogP contribution >= 0.6 is 23.2 Å². The highest BCUT2D eigenvalue weighted by molar-refractivity contribution is 6.42. The molecule has 0 spiro atoms. The van der Waals surface area contributed by atoms with Crippen LogP contribution in [0.15, 0.2) is 54.6 Å². The topological polar surface area (TPSA) is 81.1 Å². The number of methoxy groups -OCH3 is 3. The first kappa shape index (κ1) is 32.3. The molecule has 11 heteroatoms. The van der Waals surface area contributed by atoms with Crippen LogP contribution in [-0.4, -0.2) is 85.4 Å². The van der Waals surface area contributed by atoms with Gasteiger partial charge in [-0.3, -0.25) is 4.79 Å². The van der Waals surface area contributed by atoms with E-state index in [0.29, 0.717) is 52.0 Å². The summed E-state index contributed by atoms with van der Waals surface area (Å²) in [5.74, 6) is 2.21. The van der Waals surface area contributed by atoms with Gasteiger partial charge in [0, 0.05) is 50.2 Å². The van der Waals surface area contributed by atoms with Gasteiger partial charge >= 0.3 is 0 Å². The summed E-state index contributed by atoms with van der Waals surface area (Å²) in [4.78, 5) is 23.2. The second-order valence-electron chi connectivity index (χ2n) is 12.3. The van der Waals surface area contributed by atoms with Gasteiger partial charge in [0.05, 0.1) is 42.4 Å². The lowest BCUT2D eigenvalue weighted by atomic mass is 9.76. The number of likely N-dealkylation sites (tertiary alicyclic amines) is 2. The van der Waals surface area contributed by atoms with E-state index in [-0.39, 0.29) is 11.3 Å². The van der Waals surface area contributed by atoms with Crippen molar-refractivity contribution >= 4 is 46.1 Å². The van der Waals surface area contributed by atoms with Crippen LogP contribution in [0.5, 0.6) is 17.2 Å². The van der Waals surface area contributed by atoms with Gasteiger partial charge in [-0.2, -0.15) is 0 Å². The quantitative estimate of drug-likeness (QED) is 0.203. The molecule has 46 heavy (non-hydrogen) atoms. The number of imidazole rings is 1. The number of hydrogen-bond acceptors (Lipinski definition) is 7. The zero-order chi connectivity index (χ0) is 32.4. The molecule has 244 valence electrons. The largest absolute Gasteiger partial charge is 0.493 e. The Morgan fingerprint density at radius 3 is 2.33 bits per heavy atom. The Morgan fingerprint density at radius 1 is 0.957 bits per heavy atom. The number of amides is 1. The fourth-order valence-electron chi connectivity index (χ4n) is 6.97. The normalized spacial score (nSPS) is 19.0. The molecule has 0 radical (unpaired) electrons. The number of piperidine rings is 1. The van der Waals surface area contributed by atoms with Crippen molar-refractivity contribution in [3.63, 3.8) is 0 Å². The minimum atomic E-state index is -0.257. The van der Waals surface area contributed by atoms with Crippen LogP contribution in [0, 0.1) is 0 Å². The van der Waals surface area contributed by atoms with Crippen LogP contribution in [-0.2, 0) is 12.5 Å². The number of halogens is 2. The van der Waals surface area contributed by atoms with Gasteiger partial charge in [-0.1, -0.05) is 41.4 Å². The van der Waals surface area contributed by atoms with E-state index >= 15 is 0 Å². The van der Waals surface area contributed by atoms with Gasteiger partial charge < -0.3 is 33.9 Å². The van der Waals surface area contributed by atoms with Crippen molar-refractivity contribution in [2.24, 2.45) is 7.05 Å². The fourth-order valence-corrected chi connectivity index (χ4v) is 7.27.